The second-order valence-electron chi connectivity index (χ2n) is 7.49. The quantitative estimate of drug-likeness (QED) is 0.393. The van der Waals surface area contributed by atoms with E-state index in [2.05, 4.69) is 48.4 Å². The largest absolute Gasteiger partial charge is 0.497 e. The fourth-order valence-electron chi connectivity index (χ4n) is 3.17. The Morgan fingerprint density at radius 3 is 2.52 bits per heavy atom. The molecule has 1 aliphatic heterocycles. The standard InChI is InChI=1S/C21H36N4O2/c1-5-22-20(24-17-21(2,3)25-13-15-27-16-14-25)23-12-6-7-18-8-10-19(26-4)11-9-18/h8-11H,5-7,12-17H2,1-4H3,(H2,22,23,24). The predicted molar refractivity (Wildman–Crippen MR) is 112 cm³/mol. The summed E-state index contributed by atoms with van der Waals surface area (Å²) in [7, 11) is 1.70. The maximum Gasteiger partial charge on any atom is 0.191 e. The summed E-state index contributed by atoms with van der Waals surface area (Å²) in [5.41, 5.74) is 1.36. The van der Waals surface area contributed by atoms with Crippen molar-refractivity contribution in [2.45, 2.75) is 39.2 Å². The third-order valence-corrected chi connectivity index (χ3v) is 4.93. The van der Waals surface area contributed by atoms with E-state index in [0.717, 1.165) is 70.5 Å². The summed E-state index contributed by atoms with van der Waals surface area (Å²) in [5, 5.41) is 6.81. The van der Waals surface area contributed by atoms with E-state index in [4.69, 9.17) is 14.5 Å². The van der Waals surface area contributed by atoms with Crippen LogP contribution in [0.3, 0.4) is 0 Å². The number of nitrogens with zero attached hydrogens (tertiary/aromatic N) is 2. The zero-order chi connectivity index (χ0) is 19.5. The van der Waals surface area contributed by atoms with Crippen molar-refractivity contribution >= 4 is 5.96 Å². The van der Waals surface area contributed by atoms with Crippen LogP contribution in [0, 0.1) is 0 Å². The van der Waals surface area contributed by atoms with Gasteiger partial charge < -0.3 is 20.1 Å². The number of guanidine groups is 1. The zero-order valence-electron chi connectivity index (χ0n) is 17.4. The molecule has 0 atom stereocenters. The van der Waals surface area contributed by atoms with Crippen LogP contribution < -0.4 is 15.4 Å². The Hall–Kier alpha value is -1.79. The zero-order valence-corrected chi connectivity index (χ0v) is 17.4. The first-order chi connectivity index (χ1) is 13.0. The molecular formula is C21H36N4O2. The van der Waals surface area contributed by atoms with Gasteiger partial charge in [-0.3, -0.25) is 9.89 Å². The Labute approximate surface area is 164 Å². The maximum absolute atomic E-state index is 5.46. The molecule has 1 fully saturated rings. The molecule has 152 valence electrons. The van der Waals surface area contributed by atoms with Gasteiger partial charge in [0.2, 0.25) is 0 Å². The summed E-state index contributed by atoms with van der Waals surface area (Å²) in [4.78, 5) is 7.29. The SMILES string of the molecule is CCNC(=NCC(C)(C)N1CCOCC1)NCCCc1ccc(OC)cc1. The molecule has 1 aromatic rings. The van der Waals surface area contributed by atoms with Gasteiger partial charge in [0.1, 0.15) is 5.75 Å². The van der Waals surface area contributed by atoms with Crippen molar-refractivity contribution in [3.63, 3.8) is 0 Å². The van der Waals surface area contributed by atoms with Crippen LogP contribution in [0.2, 0.25) is 0 Å². The molecule has 0 aliphatic carbocycles. The summed E-state index contributed by atoms with van der Waals surface area (Å²) >= 11 is 0. The minimum absolute atomic E-state index is 0.0369. The van der Waals surface area contributed by atoms with Crippen LogP contribution in [0.1, 0.15) is 32.8 Å². The van der Waals surface area contributed by atoms with Gasteiger partial charge in [0.25, 0.3) is 0 Å². The first-order valence-electron chi connectivity index (χ1n) is 10.0. The molecule has 0 saturated carbocycles. The summed E-state index contributed by atoms with van der Waals surface area (Å²) in [6.07, 6.45) is 2.10. The van der Waals surface area contributed by atoms with Crippen LogP contribution in [0.15, 0.2) is 29.3 Å². The smallest absolute Gasteiger partial charge is 0.191 e. The van der Waals surface area contributed by atoms with Gasteiger partial charge in [-0.1, -0.05) is 12.1 Å². The minimum Gasteiger partial charge on any atom is -0.497 e. The van der Waals surface area contributed by atoms with Crippen molar-refractivity contribution in [3.05, 3.63) is 29.8 Å². The van der Waals surface area contributed by atoms with Crippen LogP contribution in [-0.2, 0) is 11.2 Å². The van der Waals surface area contributed by atoms with Crippen molar-refractivity contribution in [1.82, 2.24) is 15.5 Å². The summed E-state index contributed by atoms with van der Waals surface area (Å²) < 4.78 is 10.7. The van der Waals surface area contributed by atoms with Crippen molar-refractivity contribution in [3.8, 4) is 5.75 Å². The fourth-order valence-corrected chi connectivity index (χ4v) is 3.17. The highest BCUT2D eigenvalue weighted by molar-refractivity contribution is 5.79. The molecule has 1 aliphatic rings. The molecule has 2 rings (SSSR count). The van der Waals surface area contributed by atoms with Crippen LogP contribution in [0.5, 0.6) is 5.75 Å². The Bertz CT molecular complexity index is 566. The number of morpholine rings is 1. The number of aliphatic imine (C=N–C) groups is 1. The van der Waals surface area contributed by atoms with Crippen LogP contribution in [-0.4, -0.2) is 69.4 Å². The number of ether oxygens (including phenoxy) is 2. The van der Waals surface area contributed by atoms with E-state index in [0.29, 0.717) is 0 Å². The molecule has 2 N–H and O–H groups in total. The van der Waals surface area contributed by atoms with Crippen molar-refractivity contribution < 1.29 is 9.47 Å². The molecule has 1 heterocycles. The van der Waals surface area contributed by atoms with Crippen molar-refractivity contribution in [1.29, 1.82) is 0 Å². The third kappa shape index (κ3) is 7.39. The molecule has 0 aromatic heterocycles. The van der Waals surface area contributed by atoms with Gasteiger partial charge in [0.05, 0.1) is 26.9 Å². The monoisotopic (exact) mass is 376 g/mol. The van der Waals surface area contributed by atoms with Gasteiger partial charge in [-0.2, -0.15) is 0 Å². The highest BCUT2D eigenvalue weighted by Crippen LogP contribution is 2.16. The lowest BCUT2D eigenvalue weighted by Crippen LogP contribution is -2.52. The topological polar surface area (TPSA) is 58.1 Å². The van der Waals surface area contributed by atoms with Gasteiger partial charge >= 0.3 is 0 Å². The lowest BCUT2D eigenvalue weighted by molar-refractivity contribution is -0.00683. The summed E-state index contributed by atoms with van der Waals surface area (Å²) in [6.45, 7) is 12.7. The number of hydrogen-bond acceptors (Lipinski definition) is 4. The van der Waals surface area contributed by atoms with Gasteiger partial charge in [0, 0.05) is 31.7 Å². The van der Waals surface area contributed by atoms with E-state index in [9.17, 15) is 0 Å². The highest BCUT2D eigenvalue weighted by atomic mass is 16.5. The Morgan fingerprint density at radius 2 is 1.89 bits per heavy atom. The molecule has 0 radical (unpaired) electrons. The van der Waals surface area contributed by atoms with E-state index in [1.165, 1.54) is 5.56 Å². The number of hydrogen-bond donors (Lipinski definition) is 2. The molecular weight excluding hydrogens is 340 g/mol. The Balaban J connectivity index is 1.78. The molecule has 27 heavy (non-hydrogen) atoms. The van der Waals surface area contributed by atoms with E-state index in [1.807, 2.05) is 12.1 Å². The highest BCUT2D eigenvalue weighted by Gasteiger charge is 2.28. The van der Waals surface area contributed by atoms with Crippen molar-refractivity contribution in [2.75, 3.05) is 53.0 Å². The normalized spacial score (nSPS) is 16.2. The molecule has 1 aromatic carbocycles. The molecule has 0 unspecified atom stereocenters. The second kappa shape index (κ2) is 11.1. The Kier molecular flexibility index (Phi) is 8.88. The van der Waals surface area contributed by atoms with Gasteiger partial charge in [0.15, 0.2) is 5.96 Å². The maximum atomic E-state index is 5.46. The summed E-state index contributed by atoms with van der Waals surface area (Å²) in [6, 6.07) is 8.29. The average Bonchev–Trinajstić information content (AvgIpc) is 2.70. The number of benzene rings is 1. The lowest BCUT2D eigenvalue weighted by atomic mass is 10.0. The molecule has 0 bridgehead atoms. The fraction of sp³-hybridized carbons (Fsp3) is 0.667. The number of rotatable bonds is 9. The summed E-state index contributed by atoms with van der Waals surface area (Å²) in [5.74, 6) is 1.80. The second-order valence-corrected chi connectivity index (χ2v) is 7.49. The number of nitrogens with one attached hydrogen (secondary N) is 2. The molecule has 6 nitrogen and oxygen atoms in total. The average molecular weight is 377 g/mol. The van der Waals surface area contributed by atoms with Gasteiger partial charge in [-0.05, 0) is 51.3 Å². The van der Waals surface area contributed by atoms with Crippen LogP contribution in [0.4, 0.5) is 0 Å². The van der Waals surface area contributed by atoms with Gasteiger partial charge in [-0.25, -0.2) is 0 Å². The first kappa shape index (κ1) is 21.5. The Morgan fingerprint density at radius 1 is 1.19 bits per heavy atom. The minimum atomic E-state index is 0.0369. The lowest BCUT2D eigenvalue weighted by Gasteiger charge is -2.39. The van der Waals surface area contributed by atoms with Crippen LogP contribution >= 0.6 is 0 Å². The molecule has 0 amide bonds. The van der Waals surface area contributed by atoms with E-state index < -0.39 is 0 Å². The predicted octanol–water partition coefficient (Wildman–Crippen LogP) is 2.29. The molecule has 1 saturated heterocycles. The third-order valence-electron chi connectivity index (χ3n) is 4.93. The van der Waals surface area contributed by atoms with Crippen LogP contribution in [0.25, 0.3) is 0 Å². The number of aryl methyl sites for hydroxylation is 1. The van der Waals surface area contributed by atoms with E-state index in [1.54, 1.807) is 7.11 Å². The van der Waals surface area contributed by atoms with E-state index >= 15 is 0 Å². The first-order valence-corrected chi connectivity index (χ1v) is 10.0. The van der Waals surface area contributed by atoms with Gasteiger partial charge in [-0.15, -0.1) is 0 Å². The molecule has 6 heteroatoms. The number of methoxy groups -OCH3 is 1. The molecule has 0 spiro atoms. The van der Waals surface area contributed by atoms with E-state index in [-0.39, 0.29) is 5.54 Å². The van der Waals surface area contributed by atoms with Crippen molar-refractivity contribution in [2.24, 2.45) is 4.99 Å².